The highest BCUT2D eigenvalue weighted by molar-refractivity contribution is 7.98. The Morgan fingerprint density at radius 2 is 1.48 bits per heavy atom. The number of hydrogen-bond acceptors (Lipinski definition) is 3. The highest BCUT2D eigenvalue weighted by atomic mass is 32.2. The van der Waals surface area contributed by atoms with E-state index < -0.39 is 5.60 Å². The van der Waals surface area contributed by atoms with Gasteiger partial charge in [0.15, 0.2) is 0 Å². The Labute approximate surface area is 166 Å². The molecular formula is C22H30N2O2S. The van der Waals surface area contributed by atoms with E-state index in [0.717, 1.165) is 27.3 Å². The Bertz CT molecular complexity index is 752. The van der Waals surface area contributed by atoms with E-state index in [9.17, 15) is 9.90 Å². The molecule has 3 N–H and O–H groups in total. The van der Waals surface area contributed by atoms with Gasteiger partial charge in [-0.25, -0.2) is 4.79 Å². The molecule has 2 rings (SSSR count). The van der Waals surface area contributed by atoms with Crippen LogP contribution < -0.4 is 10.0 Å². The van der Waals surface area contributed by atoms with Crippen molar-refractivity contribution in [3.63, 3.8) is 0 Å². The zero-order chi connectivity index (χ0) is 20.2. The summed E-state index contributed by atoms with van der Waals surface area (Å²) in [7, 11) is 0. The maximum Gasteiger partial charge on any atom is 0.329 e. The average molecular weight is 387 g/mol. The van der Waals surface area contributed by atoms with E-state index in [1.165, 1.54) is 11.9 Å². The Morgan fingerprint density at radius 3 is 1.93 bits per heavy atom. The second kappa shape index (κ2) is 8.81. The number of anilines is 1. The smallest absolute Gasteiger partial charge is 0.329 e. The third-order valence-corrected chi connectivity index (χ3v) is 5.23. The van der Waals surface area contributed by atoms with Crippen molar-refractivity contribution in [2.45, 2.75) is 63.9 Å². The highest BCUT2D eigenvalue weighted by Gasteiger charge is 2.17. The Morgan fingerprint density at radius 1 is 0.963 bits per heavy atom. The first-order valence-electron chi connectivity index (χ1n) is 9.29. The lowest BCUT2D eigenvalue weighted by Gasteiger charge is -2.20. The van der Waals surface area contributed by atoms with E-state index in [-0.39, 0.29) is 6.03 Å². The van der Waals surface area contributed by atoms with E-state index >= 15 is 0 Å². The summed E-state index contributed by atoms with van der Waals surface area (Å²) in [6.07, 6.45) is 0. The maximum atomic E-state index is 12.5. The van der Waals surface area contributed by atoms with Crippen molar-refractivity contribution in [3.05, 3.63) is 59.2 Å². The zero-order valence-corrected chi connectivity index (χ0v) is 17.8. The molecule has 0 aromatic heterocycles. The molecule has 0 radical (unpaired) electrons. The first kappa shape index (κ1) is 21.3. The Hall–Kier alpha value is -1.98. The predicted molar refractivity (Wildman–Crippen MR) is 114 cm³/mol. The summed E-state index contributed by atoms with van der Waals surface area (Å²) in [5.41, 5.74) is 3.13. The molecule has 0 heterocycles. The minimum atomic E-state index is -0.873. The summed E-state index contributed by atoms with van der Waals surface area (Å²) in [6, 6.07) is 13.4. The quantitative estimate of drug-likeness (QED) is 0.534. The molecule has 0 atom stereocenters. The van der Waals surface area contributed by atoms with Gasteiger partial charge in [0.1, 0.15) is 0 Å². The van der Waals surface area contributed by atoms with Crippen LogP contribution in [-0.4, -0.2) is 11.1 Å². The lowest BCUT2D eigenvalue weighted by atomic mass is 9.93. The maximum absolute atomic E-state index is 12.5. The Balaban J connectivity index is 2.08. The third-order valence-electron chi connectivity index (χ3n) is 4.43. The van der Waals surface area contributed by atoms with E-state index in [0.29, 0.717) is 11.8 Å². The van der Waals surface area contributed by atoms with Crippen LogP contribution in [0.4, 0.5) is 10.5 Å². The van der Waals surface area contributed by atoms with Crippen LogP contribution in [0.1, 0.15) is 70.1 Å². The minimum Gasteiger partial charge on any atom is -0.386 e. The van der Waals surface area contributed by atoms with Gasteiger partial charge in [-0.15, -0.1) is 0 Å². The largest absolute Gasteiger partial charge is 0.386 e. The molecule has 2 aromatic carbocycles. The molecule has 0 aliphatic heterocycles. The average Bonchev–Trinajstić information content (AvgIpc) is 2.59. The van der Waals surface area contributed by atoms with Gasteiger partial charge in [-0.1, -0.05) is 58.0 Å². The molecule has 0 unspecified atom stereocenters. The van der Waals surface area contributed by atoms with Crippen LogP contribution in [0, 0.1) is 0 Å². The van der Waals surface area contributed by atoms with Crippen molar-refractivity contribution in [3.8, 4) is 0 Å². The molecule has 4 nitrogen and oxygen atoms in total. The van der Waals surface area contributed by atoms with Gasteiger partial charge in [0, 0.05) is 10.6 Å². The standard InChI is InChI=1S/C22H30N2O2S/c1-14(2)18-8-7-9-19(15(3)4)20(18)23-21(25)24-27-17-12-10-16(11-13-17)22(5,6)26/h7-15,26H,1-6H3,(H2,23,24,25). The number of urea groups is 1. The van der Waals surface area contributed by atoms with Crippen molar-refractivity contribution in [1.82, 2.24) is 4.72 Å². The Kier molecular flexibility index (Phi) is 6.95. The van der Waals surface area contributed by atoms with Crippen molar-refractivity contribution in [1.29, 1.82) is 0 Å². The van der Waals surface area contributed by atoms with Gasteiger partial charge >= 0.3 is 6.03 Å². The summed E-state index contributed by atoms with van der Waals surface area (Å²) >= 11 is 1.25. The summed E-state index contributed by atoms with van der Waals surface area (Å²) in [5.74, 6) is 0.641. The van der Waals surface area contributed by atoms with Gasteiger partial charge < -0.3 is 10.4 Å². The van der Waals surface area contributed by atoms with Crippen molar-refractivity contribution in [2.75, 3.05) is 5.32 Å². The fourth-order valence-corrected chi connectivity index (χ4v) is 3.40. The van der Waals surface area contributed by atoms with Crippen LogP contribution in [0.25, 0.3) is 0 Å². The molecule has 0 fully saturated rings. The van der Waals surface area contributed by atoms with Gasteiger partial charge in [0.2, 0.25) is 0 Å². The molecule has 0 spiro atoms. The third kappa shape index (κ3) is 5.75. The second-order valence-electron chi connectivity index (χ2n) is 7.86. The van der Waals surface area contributed by atoms with E-state index in [1.807, 2.05) is 30.3 Å². The van der Waals surface area contributed by atoms with Gasteiger partial charge in [-0.05, 0) is 66.5 Å². The fourth-order valence-electron chi connectivity index (χ4n) is 2.87. The molecule has 5 heteroatoms. The van der Waals surface area contributed by atoms with Crippen LogP contribution in [-0.2, 0) is 5.60 Å². The SMILES string of the molecule is CC(C)c1cccc(C(C)C)c1NC(=O)NSc1ccc(C(C)(C)O)cc1. The second-order valence-corrected chi connectivity index (χ2v) is 8.74. The highest BCUT2D eigenvalue weighted by Crippen LogP contribution is 2.32. The first-order chi connectivity index (χ1) is 12.6. The molecule has 0 bridgehead atoms. The number of carbonyl (C=O) groups is 1. The van der Waals surface area contributed by atoms with Gasteiger partial charge in [0.05, 0.1) is 5.60 Å². The number of amides is 2. The monoisotopic (exact) mass is 386 g/mol. The molecule has 27 heavy (non-hydrogen) atoms. The first-order valence-corrected chi connectivity index (χ1v) is 10.1. The van der Waals surface area contributed by atoms with Gasteiger partial charge in [0.25, 0.3) is 0 Å². The molecule has 2 aromatic rings. The summed E-state index contributed by atoms with van der Waals surface area (Å²) in [6.45, 7) is 12.0. The van der Waals surface area contributed by atoms with Crippen LogP contribution >= 0.6 is 11.9 Å². The van der Waals surface area contributed by atoms with Gasteiger partial charge in [-0.3, -0.25) is 4.72 Å². The van der Waals surface area contributed by atoms with E-state index in [2.05, 4.69) is 49.9 Å². The number of aliphatic hydroxyl groups is 1. The van der Waals surface area contributed by atoms with E-state index in [1.54, 1.807) is 13.8 Å². The van der Waals surface area contributed by atoms with Crippen LogP contribution in [0.15, 0.2) is 47.4 Å². The van der Waals surface area contributed by atoms with Gasteiger partial charge in [-0.2, -0.15) is 0 Å². The lowest BCUT2D eigenvalue weighted by Crippen LogP contribution is -2.24. The van der Waals surface area contributed by atoms with Crippen LogP contribution in [0.2, 0.25) is 0 Å². The summed E-state index contributed by atoms with van der Waals surface area (Å²) < 4.78 is 2.84. The van der Waals surface area contributed by atoms with Crippen molar-refractivity contribution >= 4 is 23.7 Å². The summed E-state index contributed by atoms with van der Waals surface area (Å²) in [4.78, 5) is 13.4. The lowest BCUT2D eigenvalue weighted by molar-refractivity contribution is 0.0785. The number of para-hydroxylation sites is 1. The number of rotatable bonds is 6. The molecule has 0 saturated heterocycles. The van der Waals surface area contributed by atoms with Crippen molar-refractivity contribution in [2.24, 2.45) is 0 Å². The van der Waals surface area contributed by atoms with Crippen LogP contribution in [0.5, 0.6) is 0 Å². The van der Waals surface area contributed by atoms with E-state index in [4.69, 9.17) is 0 Å². The predicted octanol–water partition coefficient (Wildman–Crippen LogP) is 5.99. The number of hydrogen-bond donors (Lipinski definition) is 3. The van der Waals surface area contributed by atoms with Crippen molar-refractivity contribution < 1.29 is 9.90 Å². The number of carbonyl (C=O) groups excluding carboxylic acids is 1. The molecule has 2 amide bonds. The zero-order valence-electron chi connectivity index (χ0n) is 17.0. The summed E-state index contributed by atoms with van der Waals surface area (Å²) in [5, 5.41) is 13.1. The number of benzene rings is 2. The topological polar surface area (TPSA) is 61.4 Å². The molecule has 0 aliphatic rings. The normalized spacial score (nSPS) is 11.7. The van der Waals surface area contributed by atoms with Crippen LogP contribution in [0.3, 0.4) is 0 Å². The molecular weight excluding hydrogens is 356 g/mol. The fraction of sp³-hybridized carbons (Fsp3) is 0.409. The molecule has 0 aliphatic carbocycles. The molecule has 146 valence electrons. The number of nitrogens with one attached hydrogen (secondary N) is 2. The minimum absolute atomic E-state index is 0.249. The molecule has 0 saturated carbocycles.